The molecule has 0 aromatic carbocycles. The van der Waals surface area contributed by atoms with Crippen LogP contribution in [-0.2, 0) is 12.0 Å². The lowest BCUT2D eigenvalue weighted by Gasteiger charge is -2.12. The molecule has 0 amide bonds. The van der Waals surface area contributed by atoms with E-state index in [2.05, 4.69) is 10.1 Å². The van der Waals surface area contributed by atoms with Crippen LogP contribution in [0, 0.1) is 5.92 Å². The number of nitrogens with zero attached hydrogens (tertiary/aromatic N) is 2. The second-order valence-corrected chi connectivity index (χ2v) is 5.80. The first-order valence-corrected chi connectivity index (χ1v) is 6.67. The minimum absolute atomic E-state index is 0.509. The van der Waals surface area contributed by atoms with E-state index < -0.39 is 5.54 Å². The zero-order valence-corrected chi connectivity index (χ0v) is 10.9. The first-order valence-electron chi connectivity index (χ1n) is 6.67. The van der Waals surface area contributed by atoms with Crippen molar-refractivity contribution < 1.29 is 4.52 Å². The van der Waals surface area contributed by atoms with Crippen LogP contribution in [0.3, 0.4) is 0 Å². The summed E-state index contributed by atoms with van der Waals surface area (Å²) in [5, 5.41) is 3.97. The van der Waals surface area contributed by atoms with Gasteiger partial charge in [-0.05, 0) is 32.6 Å². The van der Waals surface area contributed by atoms with Crippen LogP contribution >= 0.6 is 0 Å². The predicted octanol–water partition coefficient (Wildman–Crippen LogP) is 2.78. The Morgan fingerprint density at radius 1 is 1.24 bits per heavy atom. The van der Waals surface area contributed by atoms with E-state index in [1.54, 1.807) is 0 Å². The van der Waals surface area contributed by atoms with Gasteiger partial charge in [-0.25, -0.2) is 0 Å². The molecule has 17 heavy (non-hydrogen) atoms. The smallest absolute Gasteiger partial charge is 0.226 e. The Labute approximate surface area is 103 Å². The first kappa shape index (κ1) is 12.6. The van der Waals surface area contributed by atoms with Gasteiger partial charge in [0.1, 0.15) is 0 Å². The molecule has 1 fully saturated rings. The van der Waals surface area contributed by atoms with Gasteiger partial charge in [-0.2, -0.15) is 4.98 Å². The number of hydrogen-bond acceptors (Lipinski definition) is 4. The van der Waals surface area contributed by atoms with Crippen molar-refractivity contribution in [2.45, 2.75) is 64.3 Å². The molecule has 4 nitrogen and oxygen atoms in total. The highest BCUT2D eigenvalue weighted by atomic mass is 16.5. The van der Waals surface area contributed by atoms with Crippen molar-refractivity contribution in [3.63, 3.8) is 0 Å². The molecule has 0 aliphatic heterocycles. The molecule has 0 bridgehead atoms. The largest absolute Gasteiger partial charge is 0.339 e. The normalized spacial score (nSPS) is 19.2. The highest BCUT2D eigenvalue weighted by molar-refractivity contribution is 4.99. The highest BCUT2D eigenvalue weighted by Crippen LogP contribution is 2.26. The summed E-state index contributed by atoms with van der Waals surface area (Å²) in [6, 6.07) is 0. The quantitative estimate of drug-likeness (QED) is 0.821. The molecule has 0 unspecified atom stereocenters. The van der Waals surface area contributed by atoms with Crippen LogP contribution in [-0.4, -0.2) is 10.1 Å². The molecular formula is C13H23N3O. The fraction of sp³-hybridized carbons (Fsp3) is 0.846. The number of hydrogen-bond donors (Lipinski definition) is 1. The van der Waals surface area contributed by atoms with Crippen molar-refractivity contribution in [2.24, 2.45) is 11.7 Å². The Morgan fingerprint density at radius 3 is 2.41 bits per heavy atom. The fourth-order valence-corrected chi connectivity index (χ4v) is 2.41. The monoisotopic (exact) mass is 237 g/mol. The molecule has 1 aromatic heterocycles. The van der Waals surface area contributed by atoms with Gasteiger partial charge in [-0.15, -0.1) is 0 Å². The van der Waals surface area contributed by atoms with Crippen LogP contribution < -0.4 is 5.73 Å². The van der Waals surface area contributed by atoms with Crippen LogP contribution in [0.15, 0.2) is 4.52 Å². The van der Waals surface area contributed by atoms with Crippen LogP contribution in [0.1, 0.15) is 64.1 Å². The molecular weight excluding hydrogens is 214 g/mol. The Bertz CT molecular complexity index is 346. The predicted molar refractivity (Wildman–Crippen MR) is 66.4 cm³/mol. The summed E-state index contributed by atoms with van der Waals surface area (Å²) in [7, 11) is 0. The van der Waals surface area contributed by atoms with Gasteiger partial charge < -0.3 is 10.3 Å². The van der Waals surface area contributed by atoms with Gasteiger partial charge in [0.05, 0.1) is 5.54 Å². The standard InChI is InChI=1S/C13H23N3O/c1-13(2,14)12-15-11(17-16-12)9-10-7-5-3-4-6-8-10/h10H,3-9,14H2,1-2H3. The minimum Gasteiger partial charge on any atom is -0.339 e. The molecule has 1 saturated carbocycles. The number of nitrogens with two attached hydrogens (primary N) is 1. The van der Waals surface area contributed by atoms with Gasteiger partial charge in [0.2, 0.25) is 5.89 Å². The maximum atomic E-state index is 5.94. The van der Waals surface area contributed by atoms with E-state index in [0.29, 0.717) is 11.7 Å². The lowest BCUT2D eigenvalue weighted by molar-refractivity contribution is 0.330. The molecule has 0 atom stereocenters. The molecule has 1 aliphatic carbocycles. The Hall–Kier alpha value is -0.900. The highest BCUT2D eigenvalue weighted by Gasteiger charge is 2.23. The van der Waals surface area contributed by atoms with E-state index in [0.717, 1.165) is 12.3 Å². The lowest BCUT2D eigenvalue weighted by Crippen LogP contribution is -2.30. The lowest BCUT2D eigenvalue weighted by atomic mass is 9.97. The van der Waals surface area contributed by atoms with Gasteiger partial charge in [-0.3, -0.25) is 0 Å². The summed E-state index contributed by atoms with van der Waals surface area (Å²) >= 11 is 0. The molecule has 1 heterocycles. The van der Waals surface area contributed by atoms with Crippen LogP contribution in [0.25, 0.3) is 0 Å². The molecule has 0 spiro atoms. The van der Waals surface area contributed by atoms with Crippen molar-refractivity contribution in [1.29, 1.82) is 0 Å². The summed E-state index contributed by atoms with van der Waals surface area (Å²) < 4.78 is 5.29. The number of rotatable bonds is 3. The minimum atomic E-state index is -0.509. The zero-order valence-electron chi connectivity index (χ0n) is 10.9. The summed E-state index contributed by atoms with van der Waals surface area (Å²) in [5.41, 5.74) is 5.43. The maximum absolute atomic E-state index is 5.94. The molecule has 1 aromatic rings. The SMILES string of the molecule is CC(C)(N)c1noc(CC2CCCCCC2)n1. The second-order valence-electron chi connectivity index (χ2n) is 5.80. The molecule has 1 aliphatic rings. The van der Waals surface area contributed by atoms with Crippen molar-refractivity contribution in [2.75, 3.05) is 0 Å². The third kappa shape index (κ3) is 3.53. The summed E-state index contributed by atoms with van der Waals surface area (Å²) in [6.07, 6.45) is 8.95. The Balaban J connectivity index is 1.96. The zero-order chi connectivity index (χ0) is 12.3. The third-order valence-electron chi connectivity index (χ3n) is 3.48. The van der Waals surface area contributed by atoms with Gasteiger partial charge >= 0.3 is 0 Å². The van der Waals surface area contributed by atoms with Crippen LogP contribution in [0.5, 0.6) is 0 Å². The van der Waals surface area contributed by atoms with E-state index >= 15 is 0 Å². The van der Waals surface area contributed by atoms with Crippen LogP contribution in [0.4, 0.5) is 0 Å². The fourth-order valence-electron chi connectivity index (χ4n) is 2.41. The van der Waals surface area contributed by atoms with Crippen molar-refractivity contribution in [3.8, 4) is 0 Å². The van der Waals surface area contributed by atoms with Gasteiger partial charge in [0.25, 0.3) is 0 Å². The molecule has 4 heteroatoms. The molecule has 2 N–H and O–H groups in total. The molecule has 2 rings (SSSR count). The molecule has 0 saturated heterocycles. The Morgan fingerprint density at radius 2 is 1.88 bits per heavy atom. The Kier molecular flexibility index (Phi) is 3.82. The van der Waals surface area contributed by atoms with Crippen molar-refractivity contribution >= 4 is 0 Å². The van der Waals surface area contributed by atoms with E-state index in [4.69, 9.17) is 10.3 Å². The summed E-state index contributed by atoms with van der Waals surface area (Å²) in [4.78, 5) is 4.40. The number of aromatic nitrogens is 2. The summed E-state index contributed by atoms with van der Waals surface area (Å²) in [6.45, 7) is 3.79. The third-order valence-corrected chi connectivity index (χ3v) is 3.48. The van der Waals surface area contributed by atoms with E-state index in [1.165, 1.54) is 38.5 Å². The molecule has 96 valence electrons. The molecule has 0 radical (unpaired) electrons. The van der Waals surface area contributed by atoms with E-state index in [-0.39, 0.29) is 0 Å². The average Bonchev–Trinajstić information content (AvgIpc) is 2.56. The maximum Gasteiger partial charge on any atom is 0.226 e. The topological polar surface area (TPSA) is 64.9 Å². The van der Waals surface area contributed by atoms with Gasteiger partial charge in [0.15, 0.2) is 5.82 Å². The van der Waals surface area contributed by atoms with E-state index in [9.17, 15) is 0 Å². The second kappa shape index (κ2) is 5.17. The average molecular weight is 237 g/mol. The van der Waals surface area contributed by atoms with Gasteiger partial charge in [-0.1, -0.05) is 30.8 Å². The van der Waals surface area contributed by atoms with E-state index in [1.807, 2.05) is 13.8 Å². The van der Waals surface area contributed by atoms with Crippen molar-refractivity contribution in [1.82, 2.24) is 10.1 Å². The van der Waals surface area contributed by atoms with Crippen molar-refractivity contribution in [3.05, 3.63) is 11.7 Å². The van der Waals surface area contributed by atoms with Gasteiger partial charge in [0, 0.05) is 6.42 Å². The summed E-state index contributed by atoms with van der Waals surface area (Å²) in [5.74, 6) is 2.08. The van der Waals surface area contributed by atoms with Crippen LogP contribution in [0.2, 0.25) is 0 Å². The first-order chi connectivity index (χ1) is 8.05.